The predicted octanol–water partition coefficient (Wildman–Crippen LogP) is 2.19. The number of carbonyl (C=O) groups excluding carboxylic acids is 1. The van der Waals surface area contributed by atoms with Gasteiger partial charge in [0.1, 0.15) is 5.52 Å². The van der Waals surface area contributed by atoms with Gasteiger partial charge < -0.3 is 4.74 Å². The zero-order valence-corrected chi connectivity index (χ0v) is 8.83. The number of nitrogens with one attached hydrogen (secondary N) is 1. The van der Waals surface area contributed by atoms with E-state index < -0.39 is 17.6 Å². The van der Waals surface area contributed by atoms with Crippen molar-refractivity contribution in [2.75, 3.05) is 7.11 Å². The number of hydrogen-bond donors (Lipinski definition) is 1. The number of H-pyrrole nitrogens is 1. The van der Waals surface area contributed by atoms with E-state index in [0.29, 0.717) is 5.39 Å². The molecule has 4 nitrogen and oxygen atoms in total. The van der Waals surface area contributed by atoms with Gasteiger partial charge in [-0.15, -0.1) is 0 Å². The molecule has 17 heavy (non-hydrogen) atoms. The van der Waals surface area contributed by atoms with Crippen molar-refractivity contribution < 1.29 is 18.3 Å². The van der Waals surface area contributed by atoms with E-state index in [0.717, 1.165) is 13.2 Å². The van der Waals surface area contributed by atoms with E-state index in [1.807, 2.05) is 0 Å². The summed E-state index contributed by atoms with van der Waals surface area (Å²) >= 11 is 0. The van der Waals surface area contributed by atoms with Crippen molar-refractivity contribution in [1.29, 1.82) is 0 Å². The van der Waals surface area contributed by atoms with Gasteiger partial charge in [-0.05, 0) is 6.08 Å². The van der Waals surface area contributed by atoms with Crippen LogP contribution in [0.15, 0.2) is 24.2 Å². The SMILES string of the molecule is COC(=O)/C(F)=C/c1ccc2cn[nH]c2c1F. The summed E-state index contributed by atoms with van der Waals surface area (Å²) in [7, 11) is 1.05. The average molecular weight is 238 g/mol. The van der Waals surface area contributed by atoms with E-state index in [9.17, 15) is 13.6 Å². The predicted molar refractivity (Wildman–Crippen MR) is 57.2 cm³/mol. The van der Waals surface area contributed by atoms with Crippen LogP contribution in [0.3, 0.4) is 0 Å². The molecular formula is C11H8F2N2O2. The number of aromatic nitrogens is 2. The molecule has 0 atom stereocenters. The van der Waals surface area contributed by atoms with Gasteiger partial charge in [0.25, 0.3) is 0 Å². The molecule has 0 bridgehead atoms. The maximum atomic E-state index is 13.8. The van der Waals surface area contributed by atoms with Gasteiger partial charge in [0.2, 0.25) is 5.83 Å². The molecule has 0 radical (unpaired) electrons. The molecule has 1 heterocycles. The van der Waals surface area contributed by atoms with Crippen LogP contribution in [-0.2, 0) is 9.53 Å². The maximum absolute atomic E-state index is 13.8. The number of methoxy groups -OCH3 is 1. The summed E-state index contributed by atoms with van der Waals surface area (Å²) in [5.74, 6) is -2.97. The zero-order valence-electron chi connectivity index (χ0n) is 8.83. The minimum Gasteiger partial charge on any atom is -0.464 e. The van der Waals surface area contributed by atoms with E-state index in [1.54, 1.807) is 6.07 Å². The zero-order chi connectivity index (χ0) is 12.4. The molecule has 0 saturated heterocycles. The first-order chi connectivity index (χ1) is 8.13. The molecule has 2 rings (SSSR count). The first-order valence-corrected chi connectivity index (χ1v) is 4.70. The van der Waals surface area contributed by atoms with E-state index >= 15 is 0 Å². The molecule has 0 aliphatic rings. The van der Waals surface area contributed by atoms with Crippen LogP contribution >= 0.6 is 0 Å². The van der Waals surface area contributed by atoms with E-state index in [2.05, 4.69) is 14.9 Å². The second kappa shape index (κ2) is 4.32. The summed E-state index contributed by atoms with van der Waals surface area (Å²) in [6, 6.07) is 2.92. The van der Waals surface area contributed by atoms with Crippen LogP contribution in [0.2, 0.25) is 0 Å². The van der Waals surface area contributed by atoms with E-state index in [-0.39, 0.29) is 11.1 Å². The fourth-order valence-electron chi connectivity index (χ4n) is 1.40. The molecule has 0 fully saturated rings. The Balaban J connectivity index is 2.49. The molecular weight excluding hydrogens is 230 g/mol. The molecule has 88 valence electrons. The van der Waals surface area contributed by atoms with Crippen LogP contribution in [0.1, 0.15) is 5.56 Å². The van der Waals surface area contributed by atoms with E-state index in [4.69, 9.17) is 0 Å². The van der Waals surface area contributed by atoms with Crippen molar-refractivity contribution >= 4 is 22.9 Å². The van der Waals surface area contributed by atoms with Crippen molar-refractivity contribution in [3.05, 3.63) is 35.5 Å². The van der Waals surface area contributed by atoms with Crippen LogP contribution in [0.4, 0.5) is 8.78 Å². The maximum Gasteiger partial charge on any atom is 0.366 e. The van der Waals surface area contributed by atoms with Gasteiger partial charge in [0, 0.05) is 10.9 Å². The third-order valence-corrected chi connectivity index (χ3v) is 2.25. The number of nitrogens with zero attached hydrogens (tertiary/aromatic N) is 1. The summed E-state index contributed by atoms with van der Waals surface area (Å²) in [6.07, 6.45) is 2.23. The third-order valence-electron chi connectivity index (χ3n) is 2.25. The molecule has 1 N–H and O–H groups in total. The molecule has 0 amide bonds. The smallest absolute Gasteiger partial charge is 0.366 e. The molecule has 0 saturated carbocycles. The van der Waals surface area contributed by atoms with Crippen LogP contribution < -0.4 is 0 Å². The summed E-state index contributed by atoms with van der Waals surface area (Å²) in [6.45, 7) is 0. The summed E-state index contributed by atoms with van der Waals surface area (Å²) in [5.41, 5.74) is 0.112. The molecule has 0 spiro atoms. The van der Waals surface area contributed by atoms with Gasteiger partial charge >= 0.3 is 5.97 Å². The number of benzene rings is 1. The lowest BCUT2D eigenvalue weighted by Crippen LogP contribution is -2.00. The number of ether oxygens (including phenoxy) is 1. The molecule has 1 aromatic heterocycles. The topological polar surface area (TPSA) is 55.0 Å². The summed E-state index contributed by atoms with van der Waals surface area (Å²) < 4.78 is 31.1. The minimum atomic E-state index is -1.16. The van der Waals surface area contributed by atoms with Crippen LogP contribution in [-0.4, -0.2) is 23.3 Å². The van der Waals surface area contributed by atoms with Crippen LogP contribution in [0.25, 0.3) is 17.0 Å². The fourth-order valence-corrected chi connectivity index (χ4v) is 1.40. The molecule has 0 aliphatic heterocycles. The number of fused-ring (bicyclic) bond motifs is 1. The monoisotopic (exact) mass is 238 g/mol. The lowest BCUT2D eigenvalue weighted by molar-refractivity contribution is -0.137. The number of carbonyl (C=O) groups is 1. The summed E-state index contributed by atoms with van der Waals surface area (Å²) in [5, 5.41) is 6.68. The van der Waals surface area contributed by atoms with Gasteiger partial charge in [0.15, 0.2) is 5.82 Å². The first kappa shape index (κ1) is 11.3. The van der Waals surface area contributed by atoms with Gasteiger partial charge in [0.05, 0.1) is 13.3 Å². The molecule has 1 aromatic carbocycles. The average Bonchev–Trinajstić information content (AvgIpc) is 2.80. The number of aromatic amines is 1. The van der Waals surface area contributed by atoms with Gasteiger partial charge in [-0.1, -0.05) is 12.1 Å². The standard InChI is InChI=1S/C11H8F2N2O2/c1-17-11(16)8(12)4-6-2-3-7-5-14-15-10(7)9(6)13/h2-5H,1H3,(H,14,15)/b8-4-. The van der Waals surface area contributed by atoms with Crippen molar-refractivity contribution in [2.24, 2.45) is 0 Å². The highest BCUT2D eigenvalue weighted by atomic mass is 19.1. The minimum absolute atomic E-state index is 0.0512. The quantitative estimate of drug-likeness (QED) is 0.644. The van der Waals surface area contributed by atoms with E-state index in [1.165, 1.54) is 12.3 Å². The Morgan fingerprint density at radius 3 is 3.00 bits per heavy atom. The van der Waals surface area contributed by atoms with Gasteiger partial charge in [-0.25, -0.2) is 9.18 Å². The largest absolute Gasteiger partial charge is 0.464 e. The lowest BCUT2D eigenvalue weighted by atomic mass is 10.1. The van der Waals surface area contributed by atoms with Crippen molar-refractivity contribution in [2.45, 2.75) is 0 Å². The Morgan fingerprint density at radius 2 is 2.29 bits per heavy atom. The van der Waals surface area contributed by atoms with Crippen molar-refractivity contribution in [1.82, 2.24) is 10.2 Å². The Bertz CT molecular complexity index is 605. The third kappa shape index (κ3) is 2.01. The van der Waals surface area contributed by atoms with Gasteiger partial charge in [-0.2, -0.15) is 9.49 Å². The van der Waals surface area contributed by atoms with Gasteiger partial charge in [-0.3, -0.25) is 5.10 Å². The number of esters is 1. The van der Waals surface area contributed by atoms with Crippen molar-refractivity contribution in [3.8, 4) is 0 Å². The number of halogens is 2. The highest BCUT2D eigenvalue weighted by molar-refractivity contribution is 5.92. The highest BCUT2D eigenvalue weighted by Crippen LogP contribution is 2.21. The molecule has 0 aliphatic carbocycles. The van der Waals surface area contributed by atoms with Crippen LogP contribution in [0.5, 0.6) is 0 Å². The number of hydrogen-bond acceptors (Lipinski definition) is 3. The lowest BCUT2D eigenvalue weighted by Gasteiger charge is -1.99. The Labute approximate surface area is 94.9 Å². The normalized spacial score (nSPS) is 11.8. The molecule has 2 aromatic rings. The Hall–Kier alpha value is -2.24. The van der Waals surface area contributed by atoms with Crippen LogP contribution in [0, 0.1) is 5.82 Å². The molecule has 6 heteroatoms. The second-order valence-electron chi connectivity index (χ2n) is 3.29. The Morgan fingerprint density at radius 1 is 1.53 bits per heavy atom. The first-order valence-electron chi connectivity index (χ1n) is 4.70. The van der Waals surface area contributed by atoms with Crippen molar-refractivity contribution in [3.63, 3.8) is 0 Å². The second-order valence-corrected chi connectivity index (χ2v) is 3.29. The Kier molecular flexibility index (Phi) is 2.86. The highest BCUT2D eigenvalue weighted by Gasteiger charge is 2.12. The number of rotatable bonds is 2. The fraction of sp³-hybridized carbons (Fsp3) is 0.0909. The molecule has 0 unspecified atom stereocenters. The summed E-state index contributed by atoms with van der Waals surface area (Å²) in [4.78, 5) is 10.8.